The van der Waals surface area contributed by atoms with Gasteiger partial charge >= 0.3 is 0 Å². The van der Waals surface area contributed by atoms with Crippen molar-refractivity contribution in [3.8, 4) is 0 Å². The topological polar surface area (TPSA) is 0 Å². The molecular weight excluding hydrogens is 180 g/mol. The molecule has 0 heterocycles. The van der Waals surface area contributed by atoms with E-state index in [9.17, 15) is 0 Å². The molecule has 1 aliphatic carbocycles. The molecule has 0 nitrogen and oxygen atoms in total. The predicted molar refractivity (Wildman–Crippen MR) is 67.5 cm³/mol. The standard InChI is InChI=1S/C15H18/c1-15(2,3)14-10-6-9-12-7-4-5-8-13(12)11-14/h4-9,11H,10H2,1-3H3. The minimum absolute atomic E-state index is 0.266. The Kier molecular flexibility index (Phi) is 2.52. The molecule has 0 radical (unpaired) electrons. The van der Waals surface area contributed by atoms with E-state index in [2.05, 4.69) is 63.3 Å². The molecule has 2 rings (SSSR count). The van der Waals surface area contributed by atoms with Gasteiger partial charge in [-0.2, -0.15) is 0 Å². The van der Waals surface area contributed by atoms with E-state index in [1.54, 1.807) is 0 Å². The first-order valence-electron chi connectivity index (χ1n) is 5.54. The lowest BCUT2D eigenvalue weighted by Crippen LogP contribution is -2.08. The summed E-state index contributed by atoms with van der Waals surface area (Å²) in [6.07, 6.45) is 7.90. The van der Waals surface area contributed by atoms with Gasteiger partial charge in [0.05, 0.1) is 0 Å². The van der Waals surface area contributed by atoms with Gasteiger partial charge in [-0.3, -0.25) is 0 Å². The largest absolute Gasteiger partial charge is 0.0798 e. The Morgan fingerprint density at radius 1 is 1.00 bits per heavy atom. The Balaban J connectivity index is 2.50. The molecule has 0 heteroatoms. The summed E-state index contributed by atoms with van der Waals surface area (Å²) in [6, 6.07) is 8.57. The molecule has 0 unspecified atom stereocenters. The number of hydrogen-bond donors (Lipinski definition) is 0. The molecule has 1 aromatic carbocycles. The first kappa shape index (κ1) is 10.2. The molecule has 0 aromatic heterocycles. The summed E-state index contributed by atoms with van der Waals surface area (Å²) in [5.74, 6) is 0. The molecule has 0 atom stereocenters. The van der Waals surface area contributed by atoms with E-state index < -0.39 is 0 Å². The van der Waals surface area contributed by atoms with E-state index in [1.807, 2.05) is 0 Å². The van der Waals surface area contributed by atoms with Crippen molar-refractivity contribution in [1.29, 1.82) is 0 Å². The van der Waals surface area contributed by atoms with Gasteiger partial charge in [0, 0.05) is 0 Å². The van der Waals surface area contributed by atoms with Crippen molar-refractivity contribution in [2.75, 3.05) is 0 Å². The van der Waals surface area contributed by atoms with Crippen LogP contribution in [0.3, 0.4) is 0 Å². The van der Waals surface area contributed by atoms with Gasteiger partial charge < -0.3 is 0 Å². The van der Waals surface area contributed by atoms with Gasteiger partial charge in [-0.1, -0.05) is 68.8 Å². The van der Waals surface area contributed by atoms with Crippen LogP contribution in [0.2, 0.25) is 0 Å². The monoisotopic (exact) mass is 198 g/mol. The second-order valence-electron chi connectivity index (χ2n) is 5.15. The third kappa shape index (κ3) is 2.20. The maximum Gasteiger partial charge on any atom is -0.0127 e. The molecular formula is C15H18. The summed E-state index contributed by atoms with van der Waals surface area (Å²) in [6.45, 7) is 6.84. The van der Waals surface area contributed by atoms with Crippen molar-refractivity contribution >= 4 is 12.2 Å². The molecule has 0 spiro atoms. The fourth-order valence-corrected chi connectivity index (χ4v) is 1.88. The summed E-state index contributed by atoms with van der Waals surface area (Å²) < 4.78 is 0. The summed E-state index contributed by atoms with van der Waals surface area (Å²) >= 11 is 0. The Morgan fingerprint density at radius 3 is 2.33 bits per heavy atom. The molecule has 1 aliphatic rings. The van der Waals surface area contributed by atoms with Crippen molar-refractivity contribution < 1.29 is 0 Å². The highest BCUT2D eigenvalue weighted by atomic mass is 14.2. The highest BCUT2D eigenvalue weighted by Gasteiger charge is 2.17. The maximum absolute atomic E-state index is 2.34. The number of rotatable bonds is 0. The van der Waals surface area contributed by atoms with Crippen LogP contribution in [0.5, 0.6) is 0 Å². The van der Waals surface area contributed by atoms with E-state index >= 15 is 0 Å². The summed E-state index contributed by atoms with van der Waals surface area (Å²) in [4.78, 5) is 0. The molecule has 1 aromatic rings. The highest BCUT2D eigenvalue weighted by Crippen LogP contribution is 2.33. The number of hydrogen-bond acceptors (Lipinski definition) is 0. The van der Waals surface area contributed by atoms with Crippen LogP contribution >= 0.6 is 0 Å². The van der Waals surface area contributed by atoms with Crippen molar-refractivity contribution in [2.24, 2.45) is 5.41 Å². The molecule has 0 fully saturated rings. The number of benzene rings is 1. The van der Waals surface area contributed by atoms with Crippen molar-refractivity contribution in [1.82, 2.24) is 0 Å². The zero-order valence-electron chi connectivity index (χ0n) is 9.75. The molecule has 78 valence electrons. The molecule has 0 saturated heterocycles. The van der Waals surface area contributed by atoms with Crippen molar-refractivity contribution in [3.05, 3.63) is 47.0 Å². The Hall–Kier alpha value is -1.30. The molecule has 15 heavy (non-hydrogen) atoms. The van der Waals surface area contributed by atoms with Crippen LogP contribution in [0.25, 0.3) is 12.2 Å². The van der Waals surface area contributed by atoms with E-state index in [0.29, 0.717) is 0 Å². The van der Waals surface area contributed by atoms with Crippen LogP contribution in [-0.4, -0.2) is 0 Å². The zero-order valence-corrected chi connectivity index (χ0v) is 9.75. The number of fused-ring (bicyclic) bond motifs is 1. The van der Waals surface area contributed by atoms with Crippen LogP contribution in [-0.2, 0) is 0 Å². The lowest BCUT2D eigenvalue weighted by molar-refractivity contribution is 0.498. The van der Waals surface area contributed by atoms with Gasteiger partial charge in [0.25, 0.3) is 0 Å². The SMILES string of the molecule is CC(C)(C)C1=Cc2ccccc2C=CC1. The van der Waals surface area contributed by atoms with Crippen molar-refractivity contribution in [2.45, 2.75) is 27.2 Å². The average molecular weight is 198 g/mol. The van der Waals surface area contributed by atoms with E-state index in [-0.39, 0.29) is 5.41 Å². The predicted octanol–water partition coefficient (Wildman–Crippen LogP) is 4.53. The van der Waals surface area contributed by atoms with Crippen LogP contribution < -0.4 is 0 Å². The molecule has 0 bridgehead atoms. The second kappa shape index (κ2) is 3.69. The van der Waals surface area contributed by atoms with Gasteiger partial charge in [0.2, 0.25) is 0 Å². The first-order chi connectivity index (χ1) is 7.07. The third-order valence-corrected chi connectivity index (χ3v) is 2.92. The molecule has 0 saturated carbocycles. The van der Waals surface area contributed by atoms with Crippen LogP contribution in [0.1, 0.15) is 38.3 Å². The minimum atomic E-state index is 0.266. The summed E-state index contributed by atoms with van der Waals surface area (Å²) in [7, 11) is 0. The second-order valence-corrected chi connectivity index (χ2v) is 5.15. The number of allylic oxidation sites excluding steroid dienone is 2. The van der Waals surface area contributed by atoms with Crippen LogP contribution in [0, 0.1) is 5.41 Å². The van der Waals surface area contributed by atoms with E-state index in [1.165, 1.54) is 16.7 Å². The average Bonchev–Trinajstić information content (AvgIpc) is 2.38. The third-order valence-electron chi connectivity index (χ3n) is 2.92. The van der Waals surface area contributed by atoms with E-state index in [0.717, 1.165) is 6.42 Å². The fourth-order valence-electron chi connectivity index (χ4n) is 1.88. The van der Waals surface area contributed by atoms with Crippen molar-refractivity contribution in [3.63, 3.8) is 0 Å². The molecule has 0 N–H and O–H groups in total. The van der Waals surface area contributed by atoms with Gasteiger partial charge in [-0.15, -0.1) is 0 Å². The normalized spacial score (nSPS) is 15.5. The smallest absolute Gasteiger partial charge is 0.0127 e. The van der Waals surface area contributed by atoms with Gasteiger partial charge in [0.1, 0.15) is 0 Å². The van der Waals surface area contributed by atoms with Gasteiger partial charge in [-0.05, 0) is 23.0 Å². The van der Waals surface area contributed by atoms with Crippen LogP contribution in [0.15, 0.2) is 35.9 Å². The Morgan fingerprint density at radius 2 is 1.67 bits per heavy atom. The van der Waals surface area contributed by atoms with Crippen LogP contribution in [0.4, 0.5) is 0 Å². The quantitative estimate of drug-likeness (QED) is 0.574. The van der Waals surface area contributed by atoms with E-state index in [4.69, 9.17) is 0 Å². The summed E-state index contributed by atoms with van der Waals surface area (Å²) in [5, 5.41) is 0. The van der Waals surface area contributed by atoms with Gasteiger partial charge in [0.15, 0.2) is 0 Å². The lowest BCUT2D eigenvalue weighted by Gasteiger charge is -2.21. The first-order valence-corrected chi connectivity index (χ1v) is 5.54. The highest BCUT2D eigenvalue weighted by molar-refractivity contribution is 5.69. The zero-order chi connectivity index (χ0) is 10.9. The summed E-state index contributed by atoms with van der Waals surface area (Å²) in [5.41, 5.74) is 4.44. The lowest BCUT2D eigenvalue weighted by atomic mass is 9.84. The Bertz CT molecular complexity index is 414. The fraction of sp³-hybridized carbons (Fsp3) is 0.333. The maximum atomic E-state index is 2.34. The molecule has 0 amide bonds. The minimum Gasteiger partial charge on any atom is -0.0798 e. The Labute approximate surface area is 92.3 Å². The van der Waals surface area contributed by atoms with Gasteiger partial charge in [-0.25, -0.2) is 0 Å². The molecule has 0 aliphatic heterocycles.